The molecule has 0 bridgehead atoms. The highest BCUT2D eigenvalue weighted by molar-refractivity contribution is 5.08. The highest BCUT2D eigenvalue weighted by Crippen LogP contribution is 2.59. The predicted octanol–water partition coefficient (Wildman–Crippen LogP) is 1.38. The summed E-state index contributed by atoms with van der Waals surface area (Å²) >= 11 is 0. The molecule has 1 aliphatic carbocycles. The van der Waals surface area contributed by atoms with Gasteiger partial charge in [-0.3, -0.25) is 0 Å². The first-order chi connectivity index (χ1) is 5.61. The Labute approximate surface area is 72.0 Å². The number of aliphatic hydroxyl groups excluding tert-OH is 1. The van der Waals surface area contributed by atoms with Gasteiger partial charge in [-0.2, -0.15) is 0 Å². The second-order valence-corrected chi connectivity index (χ2v) is 3.79. The fourth-order valence-electron chi connectivity index (χ4n) is 1.96. The van der Waals surface area contributed by atoms with Crippen LogP contribution in [0, 0.1) is 5.41 Å². The summed E-state index contributed by atoms with van der Waals surface area (Å²) in [4.78, 5) is 0. The maximum atomic E-state index is 9.58. The van der Waals surface area contributed by atoms with Crippen LogP contribution in [0.3, 0.4) is 0 Å². The van der Waals surface area contributed by atoms with Gasteiger partial charge in [0.25, 0.3) is 5.79 Å². The van der Waals surface area contributed by atoms with Crippen LogP contribution >= 0.6 is 0 Å². The van der Waals surface area contributed by atoms with Crippen LogP contribution in [-0.4, -0.2) is 17.0 Å². The average Bonchev–Trinajstić information content (AvgIpc) is 2.72. The molecule has 3 heteroatoms. The van der Waals surface area contributed by atoms with Gasteiger partial charge in [0.1, 0.15) is 12.5 Å². The molecule has 0 spiro atoms. The molecule has 1 heterocycles. The molecule has 0 saturated heterocycles. The third-order valence-corrected chi connectivity index (χ3v) is 3.13. The van der Waals surface area contributed by atoms with Crippen molar-refractivity contribution in [3.05, 3.63) is 12.5 Å². The van der Waals surface area contributed by atoms with E-state index in [1.54, 1.807) is 19.4 Å². The van der Waals surface area contributed by atoms with Crippen LogP contribution in [0.1, 0.15) is 26.7 Å². The topological polar surface area (TPSA) is 38.7 Å². The first kappa shape index (κ1) is 7.92. The van der Waals surface area contributed by atoms with Crippen molar-refractivity contribution in [3.8, 4) is 0 Å². The Morgan fingerprint density at radius 2 is 1.83 bits per heavy atom. The smallest absolute Gasteiger partial charge is 0.255 e. The number of hydrogen-bond donors (Lipinski definition) is 1. The van der Waals surface area contributed by atoms with Gasteiger partial charge >= 0.3 is 0 Å². The van der Waals surface area contributed by atoms with Crippen LogP contribution in [0.25, 0.3) is 0 Å². The second kappa shape index (κ2) is 2.16. The zero-order chi connectivity index (χ0) is 8.82. The molecule has 0 aromatic rings. The minimum absolute atomic E-state index is 0.184. The van der Waals surface area contributed by atoms with E-state index < -0.39 is 5.79 Å². The molecule has 2 aliphatic rings. The lowest BCUT2D eigenvalue weighted by Crippen LogP contribution is -2.43. The average molecular weight is 170 g/mol. The quantitative estimate of drug-likeness (QED) is 0.680. The molecular weight excluding hydrogens is 156 g/mol. The molecule has 0 aromatic heterocycles. The standard InChI is InChI=1S/C9H14O3/c1-7(10)9(3-4-9)8(2)11-5-6-12-8/h5-7,10H,3-4H2,1-2H3. The van der Waals surface area contributed by atoms with E-state index in [9.17, 15) is 5.11 Å². The van der Waals surface area contributed by atoms with E-state index in [2.05, 4.69) is 0 Å². The lowest BCUT2D eigenvalue weighted by Gasteiger charge is -2.34. The van der Waals surface area contributed by atoms with Crippen molar-refractivity contribution in [2.45, 2.75) is 38.6 Å². The fourth-order valence-corrected chi connectivity index (χ4v) is 1.96. The molecule has 1 fully saturated rings. The maximum absolute atomic E-state index is 9.58. The van der Waals surface area contributed by atoms with Crippen LogP contribution in [0.4, 0.5) is 0 Å². The number of aliphatic hydroxyl groups is 1. The number of ether oxygens (including phenoxy) is 2. The van der Waals surface area contributed by atoms with Crippen LogP contribution in [-0.2, 0) is 9.47 Å². The molecule has 1 saturated carbocycles. The molecule has 1 atom stereocenters. The summed E-state index contributed by atoms with van der Waals surface area (Å²) in [6.07, 6.45) is 4.67. The Kier molecular flexibility index (Phi) is 1.43. The van der Waals surface area contributed by atoms with Crippen molar-refractivity contribution in [3.63, 3.8) is 0 Å². The van der Waals surface area contributed by atoms with E-state index in [4.69, 9.17) is 9.47 Å². The minimum Gasteiger partial charge on any atom is -0.456 e. The maximum Gasteiger partial charge on any atom is 0.255 e. The van der Waals surface area contributed by atoms with Crippen LogP contribution in [0.15, 0.2) is 12.5 Å². The third-order valence-electron chi connectivity index (χ3n) is 3.13. The summed E-state index contributed by atoms with van der Waals surface area (Å²) in [6, 6.07) is 0. The van der Waals surface area contributed by atoms with E-state index in [0.29, 0.717) is 0 Å². The zero-order valence-corrected chi connectivity index (χ0v) is 7.41. The Bertz CT molecular complexity index is 208. The number of hydrogen-bond acceptors (Lipinski definition) is 3. The summed E-state index contributed by atoms with van der Waals surface area (Å²) in [5.41, 5.74) is -0.184. The SMILES string of the molecule is CC(O)C1(C2(C)OC=CO2)CC1. The first-order valence-electron chi connectivity index (χ1n) is 4.29. The van der Waals surface area contributed by atoms with Gasteiger partial charge in [-0.1, -0.05) is 0 Å². The van der Waals surface area contributed by atoms with E-state index in [0.717, 1.165) is 12.8 Å². The minimum atomic E-state index is -0.638. The predicted molar refractivity (Wildman–Crippen MR) is 43.1 cm³/mol. The number of rotatable bonds is 2. The van der Waals surface area contributed by atoms with Crippen molar-refractivity contribution in [2.24, 2.45) is 5.41 Å². The van der Waals surface area contributed by atoms with Crippen LogP contribution < -0.4 is 0 Å². The Balaban J connectivity index is 2.18. The Morgan fingerprint density at radius 1 is 1.33 bits per heavy atom. The van der Waals surface area contributed by atoms with Gasteiger partial charge in [0.05, 0.1) is 11.5 Å². The molecule has 0 amide bonds. The molecule has 0 aromatic carbocycles. The highest BCUT2D eigenvalue weighted by atomic mass is 16.7. The van der Waals surface area contributed by atoms with E-state index in [1.807, 2.05) is 6.92 Å². The molecule has 12 heavy (non-hydrogen) atoms. The summed E-state index contributed by atoms with van der Waals surface area (Å²) in [5.74, 6) is -0.638. The highest BCUT2D eigenvalue weighted by Gasteiger charge is 2.64. The molecule has 0 radical (unpaired) electrons. The van der Waals surface area contributed by atoms with Gasteiger partial charge in [0.15, 0.2) is 0 Å². The Hall–Kier alpha value is -0.700. The lowest BCUT2D eigenvalue weighted by atomic mass is 9.91. The Morgan fingerprint density at radius 3 is 2.17 bits per heavy atom. The van der Waals surface area contributed by atoms with Crippen molar-refractivity contribution in [1.82, 2.24) is 0 Å². The largest absolute Gasteiger partial charge is 0.456 e. The van der Waals surface area contributed by atoms with Gasteiger partial charge < -0.3 is 14.6 Å². The van der Waals surface area contributed by atoms with Gasteiger partial charge in [-0.25, -0.2) is 0 Å². The van der Waals surface area contributed by atoms with E-state index >= 15 is 0 Å². The molecule has 2 rings (SSSR count). The first-order valence-corrected chi connectivity index (χ1v) is 4.29. The lowest BCUT2D eigenvalue weighted by molar-refractivity contribution is -0.202. The van der Waals surface area contributed by atoms with Crippen LogP contribution in [0.2, 0.25) is 0 Å². The molecule has 1 aliphatic heterocycles. The molecule has 68 valence electrons. The third kappa shape index (κ3) is 0.800. The van der Waals surface area contributed by atoms with Gasteiger partial charge in [-0.05, 0) is 19.8 Å². The van der Waals surface area contributed by atoms with Gasteiger partial charge in [0, 0.05) is 6.92 Å². The van der Waals surface area contributed by atoms with Gasteiger partial charge in [0.2, 0.25) is 0 Å². The normalized spacial score (nSPS) is 30.6. The molecule has 1 unspecified atom stereocenters. The molecule has 1 N–H and O–H groups in total. The van der Waals surface area contributed by atoms with Gasteiger partial charge in [-0.15, -0.1) is 0 Å². The summed E-state index contributed by atoms with van der Waals surface area (Å²) in [6.45, 7) is 3.68. The van der Waals surface area contributed by atoms with Crippen molar-refractivity contribution >= 4 is 0 Å². The van der Waals surface area contributed by atoms with Crippen molar-refractivity contribution in [2.75, 3.05) is 0 Å². The van der Waals surface area contributed by atoms with E-state index in [1.165, 1.54) is 0 Å². The fraction of sp³-hybridized carbons (Fsp3) is 0.778. The molecule has 3 nitrogen and oxygen atoms in total. The van der Waals surface area contributed by atoms with Crippen molar-refractivity contribution in [1.29, 1.82) is 0 Å². The summed E-state index contributed by atoms with van der Waals surface area (Å²) < 4.78 is 10.7. The van der Waals surface area contributed by atoms with E-state index in [-0.39, 0.29) is 11.5 Å². The van der Waals surface area contributed by atoms with Crippen molar-refractivity contribution < 1.29 is 14.6 Å². The zero-order valence-electron chi connectivity index (χ0n) is 7.41. The second-order valence-electron chi connectivity index (χ2n) is 3.79. The summed E-state index contributed by atoms with van der Waals surface area (Å²) in [7, 11) is 0. The van der Waals surface area contributed by atoms with Crippen LogP contribution in [0.5, 0.6) is 0 Å². The monoisotopic (exact) mass is 170 g/mol. The molecular formula is C9H14O3. The summed E-state index contributed by atoms with van der Waals surface area (Å²) in [5, 5.41) is 9.58.